The summed E-state index contributed by atoms with van der Waals surface area (Å²) < 4.78 is 18.1. The van der Waals surface area contributed by atoms with Crippen molar-refractivity contribution in [3.8, 4) is 5.75 Å². The highest BCUT2D eigenvalue weighted by molar-refractivity contribution is 9.10. The number of hydrogen-bond acceptors (Lipinski definition) is 4. The molecule has 0 saturated heterocycles. The number of methoxy groups -OCH3 is 1. The quantitative estimate of drug-likeness (QED) is 0.746. The summed E-state index contributed by atoms with van der Waals surface area (Å²) in [5.74, 6) is -1.12. The minimum atomic E-state index is -1.45. The third-order valence-electron chi connectivity index (χ3n) is 2.59. The maximum absolute atomic E-state index is 12.1. The lowest BCUT2D eigenvalue weighted by atomic mass is 10.2. The summed E-state index contributed by atoms with van der Waals surface area (Å²) in [6, 6.07) is 4.13. The minimum Gasteiger partial charge on any atom is -0.496 e. The first-order chi connectivity index (χ1) is 9.83. The Bertz CT molecular complexity index is 563. The van der Waals surface area contributed by atoms with E-state index in [-0.39, 0.29) is 11.5 Å². The van der Waals surface area contributed by atoms with E-state index in [0.717, 1.165) is 4.47 Å². The van der Waals surface area contributed by atoms with E-state index in [2.05, 4.69) is 21.2 Å². The number of amides is 1. The SMILES string of the molecule is COc1ccc(Br)cc1CS(=O)C[C@H](NC(C)=O)C(=O)O. The summed E-state index contributed by atoms with van der Waals surface area (Å²) in [4.78, 5) is 22.0. The number of rotatable bonds is 7. The standard InChI is InChI=1S/C13H16BrNO5S/c1-8(16)15-11(13(17)18)7-21(19)6-9-5-10(14)3-4-12(9)20-2/h3-5,11H,6-7H2,1-2H3,(H,15,16)(H,17,18)/t11-,21?/m0/s1. The molecule has 116 valence electrons. The second-order valence-corrected chi connectivity index (χ2v) is 6.72. The summed E-state index contributed by atoms with van der Waals surface area (Å²) in [6.45, 7) is 1.22. The number of carbonyl (C=O) groups is 2. The number of carboxylic acids is 1. The van der Waals surface area contributed by atoms with Gasteiger partial charge in [0.1, 0.15) is 11.8 Å². The molecule has 0 saturated carbocycles. The second kappa shape index (κ2) is 8.14. The molecule has 2 N–H and O–H groups in total. The van der Waals surface area contributed by atoms with Crippen LogP contribution in [0.15, 0.2) is 22.7 Å². The molecule has 1 aromatic carbocycles. The van der Waals surface area contributed by atoms with Gasteiger partial charge in [0.25, 0.3) is 0 Å². The van der Waals surface area contributed by atoms with Gasteiger partial charge in [0, 0.05) is 27.8 Å². The first kappa shape index (κ1) is 17.6. The fourth-order valence-corrected chi connectivity index (χ4v) is 3.39. The lowest BCUT2D eigenvalue weighted by Gasteiger charge is -2.14. The predicted molar refractivity (Wildman–Crippen MR) is 82.6 cm³/mol. The molecule has 21 heavy (non-hydrogen) atoms. The minimum absolute atomic E-state index is 0.145. The molecule has 1 unspecified atom stereocenters. The smallest absolute Gasteiger partial charge is 0.327 e. The first-order valence-corrected chi connectivity index (χ1v) is 8.29. The number of halogens is 1. The summed E-state index contributed by atoms with van der Waals surface area (Å²) in [6.07, 6.45) is 0. The molecule has 1 rings (SSSR count). The molecule has 6 nitrogen and oxygen atoms in total. The largest absolute Gasteiger partial charge is 0.496 e. The van der Waals surface area contributed by atoms with Crippen molar-refractivity contribution in [1.29, 1.82) is 0 Å². The Balaban J connectivity index is 2.78. The Morgan fingerprint density at radius 3 is 2.67 bits per heavy atom. The maximum atomic E-state index is 12.1. The lowest BCUT2D eigenvalue weighted by molar-refractivity contribution is -0.140. The zero-order chi connectivity index (χ0) is 16.0. The van der Waals surface area contributed by atoms with Crippen molar-refractivity contribution in [2.45, 2.75) is 18.7 Å². The molecule has 0 bridgehead atoms. The molecule has 2 atom stereocenters. The van der Waals surface area contributed by atoms with Crippen LogP contribution in [0.2, 0.25) is 0 Å². The summed E-state index contributed by atoms with van der Waals surface area (Å²) in [5.41, 5.74) is 0.706. The fraction of sp³-hybridized carbons (Fsp3) is 0.385. The van der Waals surface area contributed by atoms with Gasteiger partial charge in [-0.15, -0.1) is 0 Å². The van der Waals surface area contributed by atoms with Crippen LogP contribution >= 0.6 is 15.9 Å². The molecular formula is C13H16BrNO5S. The number of nitrogens with one attached hydrogen (secondary N) is 1. The fourth-order valence-electron chi connectivity index (χ4n) is 1.70. The van der Waals surface area contributed by atoms with Crippen LogP contribution in [0, 0.1) is 0 Å². The van der Waals surface area contributed by atoms with E-state index in [9.17, 15) is 13.8 Å². The number of hydrogen-bond donors (Lipinski definition) is 2. The van der Waals surface area contributed by atoms with E-state index in [0.29, 0.717) is 11.3 Å². The monoisotopic (exact) mass is 377 g/mol. The van der Waals surface area contributed by atoms with E-state index in [1.807, 2.05) is 0 Å². The van der Waals surface area contributed by atoms with Crippen LogP contribution in [-0.4, -0.2) is 40.1 Å². The van der Waals surface area contributed by atoms with Crippen LogP contribution in [-0.2, 0) is 26.1 Å². The number of ether oxygens (including phenoxy) is 1. The highest BCUT2D eigenvalue weighted by atomic mass is 79.9. The van der Waals surface area contributed by atoms with Gasteiger partial charge in [-0.3, -0.25) is 9.00 Å². The number of benzene rings is 1. The van der Waals surface area contributed by atoms with Gasteiger partial charge in [-0.05, 0) is 18.2 Å². The third-order valence-corrected chi connectivity index (χ3v) is 4.42. The molecule has 0 spiro atoms. The summed E-state index contributed by atoms with van der Waals surface area (Å²) >= 11 is 3.32. The van der Waals surface area contributed by atoms with E-state index >= 15 is 0 Å². The topological polar surface area (TPSA) is 92.7 Å². The number of aliphatic carboxylic acids is 1. The Morgan fingerprint density at radius 2 is 2.14 bits per heavy atom. The Morgan fingerprint density at radius 1 is 1.48 bits per heavy atom. The molecule has 0 aliphatic carbocycles. The molecule has 1 aromatic rings. The third kappa shape index (κ3) is 5.84. The van der Waals surface area contributed by atoms with Gasteiger partial charge in [0.05, 0.1) is 18.6 Å². The van der Waals surface area contributed by atoms with E-state index in [4.69, 9.17) is 9.84 Å². The van der Waals surface area contributed by atoms with Crippen LogP contribution in [0.5, 0.6) is 5.75 Å². The van der Waals surface area contributed by atoms with Gasteiger partial charge < -0.3 is 15.2 Å². The maximum Gasteiger partial charge on any atom is 0.327 e. The molecule has 0 aromatic heterocycles. The van der Waals surface area contributed by atoms with Gasteiger partial charge >= 0.3 is 5.97 Å². The zero-order valence-corrected chi connectivity index (χ0v) is 14.0. The van der Waals surface area contributed by atoms with Crippen molar-refractivity contribution >= 4 is 38.6 Å². The number of carboxylic acid groups (broad SMARTS) is 1. The highest BCUT2D eigenvalue weighted by Crippen LogP contribution is 2.24. The van der Waals surface area contributed by atoms with E-state index in [1.165, 1.54) is 14.0 Å². The van der Waals surface area contributed by atoms with Crippen molar-refractivity contribution in [1.82, 2.24) is 5.32 Å². The summed E-state index contributed by atoms with van der Waals surface area (Å²) in [7, 11) is 0.0523. The molecular weight excluding hydrogens is 362 g/mol. The molecule has 0 heterocycles. The van der Waals surface area contributed by atoms with Gasteiger partial charge in [0.15, 0.2) is 0 Å². The van der Waals surface area contributed by atoms with Crippen LogP contribution in [0.1, 0.15) is 12.5 Å². The highest BCUT2D eigenvalue weighted by Gasteiger charge is 2.22. The second-order valence-electron chi connectivity index (χ2n) is 4.30. The van der Waals surface area contributed by atoms with Crippen LogP contribution in [0.4, 0.5) is 0 Å². The van der Waals surface area contributed by atoms with Crippen molar-refractivity contribution < 1.29 is 23.6 Å². The predicted octanol–water partition coefficient (Wildman–Crippen LogP) is 1.30. The molecule has 0 fully saturated rings. The van der Waals surface area contributed by atoms with Gasteiger partial charge in [-0.25, -0.2) is 4.79 Å². The Kier molecular flexibility index (Phi) is 6.83. The molecule has 8 heteroatoms. The average Bonchev–Trinajstić information content (AvgIpc) is 2.37. The average molecular weight is 378 g/mol. The Labute approximate surface area is 133 Å². The number of carbonyl (C=O) groups excluding carboxylic acids is 1. The van der Waals surface area contributed by atoms with Crippen molar-refractivity contribution in [2.24, 2.45) is 0 Å². The lowest BCUT2D eigenvalue weighted by Crippen LogP contribution is -2.43. The molecule has 0 radical (unpaired) electrons. The normalized spacial score (nSPS) is 13.3. The summed E-state index contributed by atoms with van der Waals surface area (Å²) in [5, 5.41) is 11.3. The van der Waals surface area contributed by atoms with Crippen LogP contribution in [0.25, 0.3) is 0 Å². The molecule has 0 aliphatic rings. The van der Waals surface area contributed by atoms with Crippen LogP contribution in [0.3, 0.4) is 0 Å². The van der Waals surface area contributed by atoms with Crippen molar-refractivity contribution in [2.75, 3.05) is 12.9 Å². The zero-order valence-electron chi connectivity index (χ0n) is 11.6. The molecule has 0 aliphatic heterocycles. The van der Waals surface area contributed by atoms with Gasteiger partial charge in [-0.1, -0.05) is 15.9 Å². The van der Waals surface area contributed by atoms with Gasteiger partial charge in [0.2, 0.25) is 5.91 Å². The van der Waals surface area contributed by atoms with E-state index < -0.39 is 28.7 Å². The first-order valence-electron chi connectivity index (χ1n) is 6.00. The molecule has 1 amide bonds. The van der Waals surface area contributed by atoms with E-state index in [1.54, 1.807) is 18.2 Å². The van der Waals surface area contributed by atoms with Crippen molar-refractivity contribution in [3.63, 3.8) is 0 Å². The van der Waals surface area contributed by atoms with Gasteiger partial charge in [-0.2, -0.15) is 0 Å². The van der Waals surface area contributed by atoms with Crippen LogP contribution < -0.4 is 10.1 Å². The van der Waals surface area contributed by atoms with Crippen molar-refractivity contribution in [3.05, 3.63) is 28.2 Å². The Hall–Kier alpha value is -1.41.